The SMILES string of the molecule is C[C@H](N)c1ccccc1.O=C=O.O=C=O.O=C=O.c1ccc(C2CCCCC2)cc1.c1ccc(C2CCCCC2)cc1.c1ccc(C2CCCCC2)cc1. The van der Waals surface area contributed by atoms with E-state index in [9.17, 15) is 0 Å². The molecular formula is C47H59NO6. The highest BCUT2D eigenvalue weighted by atomic mass is 16.2. The molecule has 0 saturated heterocycles. The van der Waals surface area contributed by atoms with E-state index in [1.54, 1.807) is 16.7 Å². The van der Waals surface area contributed by atoms with E-state index in [1.807, 2.05) is 37.3 Å². The second-order valence-corrected chi connectivity index (χ2v) is 13.7. The molecule has 3 fully saturated rings. The molecule has 7 nitrogen and oxygen atoms in total. The highest BCUT2D eigenvalue weighted by molar-refractivity contribution is 5.22. The van der Waals surface area contributed by atoms with Gasteiger partial charge in [-0.25, -0.2) is 0 Å². The van der Waals surface area contributed by atoms with Crippen molar-refractivity contribution in [2.45, 2.75) is 127 Å². The lowest BCUT2D eigenvalue weighted by Crippen LogP contribution is -2.03. The molecule has 1 atom stereocenters. The van der Waals surface area contributed by atoms with Crippen molar-refractivity contribution in [2.24, 2.45) is 5.73 Å². The van der Waals surface area contributed by atoms with Crippen LogP contribution in [-0.2, 0) is 28.8 Å². The predicted octanol–water partition coefficient (Wildman–Crippen LogP) is 11.2. The van der Waals surface area contributed by atoms with Crippen LogP contribution in [0.15, 0.2) is 121 Å². The number of nitrogens with two attached hydrogens (primary N) is 1. The fourth-order valence-corrected chi connectivity index (χ4v) is 7.24. The molecule has 4 aromatic carbocycles. The third-order valence-electron chi connectivity index (χ3n) is 9.95. The second kappa shape index (κ2) is 32.6. The van der Waals surface area contributed by atoms with Crippen molar-refractivity contribution < 1.29 is 28.8 Å². The predicted molar refractivity (Wildman–Crippen MR) is 211 cm³/mol. The first-order valence-electron chi connectivity index (χ1n) is 19.4. The maximum atomic E-state index is 8.12. The summed E-state index contributed by atoms with van der Waals surface area (Å²) >= 11 is 0. The van der Waals surface area contributed by atoms with E-state index in [2.05, 4.69) is 91.0 Å². The van der Waals surface area contributed by atoms with Gasteiger partial charge in [0.05, 0.1) is 0 Å². The van der Waals surface area contributed by atoms with Crippen LogP contribution in [0.1, 0.15) is 149 Å². The molecule has 7 heteroatoms. The average Bonchev–Trinajstić information content (AvgIpc) is 3.25. The van der Waals surface area contributed by atoms with Crippen LogP contribution < -0.4 is 5.73 Å². The van der Waals surface area contributed by atoms with Gasteiger partial charge >= 0.3 is 18.5 Å². The zero-order valence-electron chi connectivity index (χ0n) is 32.0. The summed E-state index contributed by atoms with van der Waals surface area (Å²) in [6.45, 7) is 1.98. The Balaban J connectivity index is 0.000000336. The maximum absolute atomic E-state index is 8.12. The summed E-state index contributed by atoms with van der Waals surface area (Å²) in [4.78, 5) is 48.8. The summed E-state index contributed by atoms with van der Waals surface area (Å²) < 4.78 is 0. The van der Waals surface area contributed by atoms with E-state index < -0.39 is 0 Å². The van der Waals surface area contributed by atoms with Gasteiger partial charge in [0.25, 0.3) is 0 Å². The minimum absolute atomic E-state index is 0.159. The van der Waals surface area contributed by atoms with Crippen LogP contribution in [0, 0.1) is 0 Å². The standard InChI is InChI=1S/3C12H16.C8H11N.3CO2/c3*1-3-7-11(8-4-1)12-9-5-2-6-10-12;1-7(9)8-5-3-2-4-6-8;3*2-1-3/h3*1,3-4,7-8,12H,2,5-6,9-10H2;2-7H,9H2,1H3;;;/t;;;7-;;;/m...0.../s1. The summed E-state index contributed by atoms with van der Waals surface area (Å²) in [5.74, 6) is 2.58. The van der Waals surface area contributed by atoms with Gasteiger partial charge in [-0.1, -0.05) is 179 Å². The number of benzene rings is 4. The lowest BCUT2D eigenvalue weighted by molar-refractivity contribution is -0.193. The Hall–Kier alpha value is -5.02. The van der Waals surface area contributed by atoms with Gasteiger partial charge in [-0.2, -0.15) is 28.8 Å². The smallest absolute Gasteiger partial charge is 0.324 e. The zero-order valence-corrected chi connectivity index (χ0v) is 32.0. The number of rotatable bonds is 4. The monoisotopic (exact) mass is 733 g/mol. The van der Waals surface area contributed by atoms with Crippen molar-refractivity contribution >= 4 is 18.5 Å². The molecule has 0 aromatic heterocycles. The molecule has 0 aliphatic heterocycles. The molecule has 288 valence electrons. The van der Waals surface area contributed by atoms with Crippen molar-refractivity contribution in [1.29, 1.82) is 0 Å². The van der Waals surface area contributed by atoms with Gasteiger partial charge in [-0.3, -0.25) is 0 Å². The first-order chi connectivity index (χ1) is 26.4. The third-order valence-corrected chi connectivity index (χ3v) is 9.95. The molecule has 2 N–H and O–H groups in total. The molecule has 0 radical (unpaired) electrons. The van der Waals surface area contributed by atoms with Crippen LogP contribution in [0.25, 0.3) is 0 Å². The van der Waals surface area contributed by atoms with Crippen LogP contribution >= 0.6 is 0 Å². The first kappa shape index (κ1) is 47.0. The highest BCUT2D eigenvalue weighted by Crippen LogP contribution is 2.34. The van der Waals surface area contributed by atoms with E-state index in [1.165, 1.54) is 102 Å². The number of hydrogen-bond donors (Lipinski definition) is 1. The van der Waals surface area contributed by atoms with Crippen molar-refractivity contribution in [2.75, 3.05) is 0 Å². The largest absolute Gasteiger partial charge is 0.373 e. The van der Waals surface area contributed by atoms with E-state index in [4.69, 9.17) is 34.5 Å². The average molecular weight is 734 g/mol. The molecule has 0 spiro atoms. The minimum Gasteiger partial charge on any atom is -0.324 e. The molecule has 3 saturated carbocycles. The molecule has 3 aliphatic rings. The fraction of sp³-hybridized carbons (Fsp3) is 0.426. The summed E-state index contributed by atoms with van der Waals surface area (Å²) in [5, 5.41) is 0. The summed E-state index contributed by atoms with van der Waals surface area (Å²) in [6.07, 6.45) is 22.1. The van der Waals surface area contributed by atoms with Crippen LogP contribution in [0.2, 0.25) is 0 Å². The summed E-state index contributed by atoms with van der Waals surface area (Å²) in [6, 6.07) is 43.1. The Morgan fingerprint density at radius 3 is 0.778 bits per heavy atom. The van der Waals surface area contributed by atoms with E-state index in [-0.39, 0.29) is 24.5 Å². The van der Waals surface area contributed by atoms with Crippen molar-refractivity contribution in [3.63, 3.8) is 0 Å². The van der Waals surface area contributed by atoms with Crippen molar-refractivity contribution in [3.8, 4) is 0 Å². The topological polar surface area (TPSA) is 128 Å². The Morgan fingerprint density at radius 2 is 0.593 bits per heavy atom. The Morgan fingerprint density at radius 1 is 0.389 bits per heavy atom. The van der Waals surface area contributed by atoms with Crippen LogP contribution in [0.5, 0.6) is 0 Å². The fourth-order valence-electron chi connectivity index (χ4n) is 7.24. The lowest BCUT2D eigenvalue weighted by atomic mass is 9.84. The van der Waals surface area contributed by atoms with E-state index in [0.717, 1.165) is 17.8 Å². The van der Waals surface area contributed by atoms with E-state index >= 15 is 0 Å². The third kappa shape index (κ3) is 22.1. The molecule has 54 heavy (non-hydrogen) atoms. The van der Waals surface area contributed by atoms with Gasteiger partial charge < -0.3 is 5.73 Å². The molecule has 3 aliphatic carbocycles. The molecular weight excluding hydrogens is 675 g/mol. The summed E-state index contributed by atoms with van der Waals surface area (Å²) in [5.41, 5.74) is 11.5. The lowest BCUT2D eigenvalue weighted by Gasteiger charge is -2.21. The van der Waals surface area contributed by atoms with Gasteiger partial charge in [0.15, 0.2) is 0 Å². The van der Waals surface area contributed by atoms with Crippen LogP contribution in [-0.4, -0.2) is 18.5 Å². The van der Waals surface area contributed by atoms with Gasteiger partial charge in [-0.15, -0.1) is 0 Å². The Labute approximate surface area is 322 Å². The molecule has 0 unspecified atom stereocenters. The van der Waals surface area contributed by atoms with E-state index in [0.29, 0.717) is 0 Å². The number of hydrogen-bond acceptors (Lipinski definition) is 7. The van der Waals surface area contributed by atoms with Crippen LogP contribution in [0.4, 0.5) is 0 Å². The molecule has 0 heterocycles. The van der Waals surface area contributed by atoms with Gasteiger partial charge in [0.1, 0.15) is 0 Å². The summed E-state index contributed by atoms with van der Waals surface area (Å²) in [7, 11) is 0. The molecule has 0 bridgehead atoms. The highest BCUT2D eigenvalue weighted by Gasteiger charge is 2.16. The molecule has 4 aromatic rings. The second-order valence-electron chi connectivity index (χ2n) is 13.7. The number of carbonyl (C=O) groups excluding carboxylic acids is 6. The quantitative estimate of drug-likeness (QED) is 0.221. The maximum Gasteiger partial charge on any atom is 0.373 e. The van der Waals surface area contributed by atoms with Gasteiger partial charge in [0.2, 0.25) is 0 Å². The van der Waals surface area contributed by atoms with Crippen molar-refractivity contribution in [1.82, 2.24) is 0 Å². The van der Waals surface area contributed by atoms with Gasteiger partial charge in [-0.05, 0) is 85.5 Å². The zero-order chi connectivity index (χ0) is 39.5. The first-order valence-corrected chi connectivity index (χ1v) is 19.4. The molecule has 7 rings (SSSR count). The Bertz CT molecular complexity index is 1370. The minimum atomic E-state index is 0.159. The normalized spacial score (nSPS) is 15.5. The van der Waals surface area contributed by atoms with Gasteiger partial charge in [0, 0.05) is 6.04 Å². The Kier molecular flexibility index (Phi) is 28.4. The van der Waals surface area contributed by atoms with Crippen LogP contribution in [0.3, 0.4) is 0 Å². The van der Waals surface area contributed by atoms with Crippen molar-refractivity contribution in [3.05, 3.63) is 144 Å². The molecule has 0 amide bonds.